The first-order valence-corrected chi connectivity index (χ1v) is 7.26. The van der Waals surface area contributed by atoms with Crippen molar-refractivity contribution in [1.29, 1.82) is 0 Å². The summed E-state index contributed by atoms with van der Waals surface area (Å²) in [5.74, 6) is 0. The maximum absolute atomic E-state index is 11.2. The Labute approximate surface area is 121 Å². The van der Waals surface area contributed by atoms with E-state index in [9.17, 15) is 10.1 Å². The molecule has 1 aliphatic heterocycles. The van der Waals surface area contributed by atoms with Gasteiger partial charge < -0.3 is 10.6 Å². The van der Waals surface area contributed by atoms with E-state index in [0.29, 0.717) is 12.2 Å². The molecule has 0 spiro atoms. The highest BCUT2D eigenvalue weighted by molar-refractivity contribution is 9.10. The summed E-state index contributed by atoms with van der Waals surface area (Å²) in [5, 5.41) is 11.2. The number of benzene rings is 1. The Morgan fingerprint density at radius 2 is 2.26 bits per heavy atom. The van der Waals surface area contributed by atoms with Crippen molar-refractivity contribution in [1.82, 2.24) is 0 Å². The third-order valence-electron chi connectivity index (χ3n) is 3.71. The molecule has 1 heterocycles. The maximum atomic E-state index is 11.2. The van der Waals surface area contributed by atoms with Crippen LogP contribution >= 0.6 is 15.9 Å². The molecule has 0 bridgehead atoms. The first-order chi connectivity index (χ1) is 9.04. The van der Waals surface area contributed by atoms with Gasteiger partial charge in [-0.25, -0.2) is 0 Å². The molecule has 6 heteroatoms. The van der Waals surface area contributed by atoms with E-state index in [1.807, 2.05) is 6.07 Å². The molecular weight excluding hydrogens is 310 g/mol. The summed E-state index contributed by atoms with van der Waals surface area (Å²) in [6.45, 7) is 2.63. The topological polar surface area (TPSA) is 72.4 Å². The van der Waals surface area contributed by atoms with Gasteiger partial charge in [0, 0.05) is 29.2 Å². The lowest BCUT2D eigenvalue weighted by atomic mass is 9.95. The molecule has 1 aromatic carbocycles. The molecule has 104 valence electrons. The van der Waals surface area contributed by atoms with Crippen molar-refractivity contribution < 1.29 is 4.92 Å². The molecule has 0 aromatic heterocycles. The fourth-order valence-electron chi connectivity index (χ4n) is 2.81. The number of rotatable bonds is 3. The Kier molecular flexibility index (Phi) is 4.42. The summed E-state index contributed by atoms with van der Waals surface area (Å²) in [5.41, 5.74) is 6.65. The van der Waals surface area contributed by atoms with Crippen LogP contribution in [0, 0.1) is 10.1 Å². The van der Waals surface area contributed by atoms with E-state index in [2.05, 4.69) is 27.8 Å². The summed E-state index contributed by atoms with van der Waals surface area (Å²) in [6.07, 6.45) is 3.16. The zero-order chi connectivity index (χ0) is 14.0. The highest BCUT2D eigenvalue weighted by Crippen LogP contribution is 2.37. The van der Waals surface area contributed by atoms with E-state index in [1.165, 1.54) is 0 Å². The van der Waals surface area contributed by atoms with Gasteiger partial charge in [-0.15, -0.1) is 0 Å². The lowest BCUT2D eigenvalue weighted by Crippen LogP contribution is -2.49. The van der Waals surface area contributed by atoms with Crippen molar-refractivity contribution in [3.05, 3.63) is 32.8 Å². The monoisotopic (exact) mass is 327 g/mol. The van der Waals surface area contributed by atoms with Gasteiger partial charge in [0.25, 0.3) is 5.69 Å². The average molecular weight is 328 g/mol. The number of nitrogens with zero attached hydrogens (tertiary/aromatic N) is 2. The van der Waals surface area contributed by atoms with E-state index in [4.69, 9.17) is 5.73 Å². The highest BCUT2D eigenvalue weighted by atomic mass is 79.9. The number of hydrogen-bond acceptors (Lipinski definition) is 4. The number of piperidine rings is 1. The molecule has 0 aliphatic carbocycles. The van der Waals surface area contributed by atoms with Crippen molar-refractivity contribution in [3.63, 3.8) is 0 Å². The molecular formula is C13H18BrN3O2. The van der Waals surface area contributed by atoms with Crippen LogP contribution in [0.25, 0.3) is 0 Å². The molecule has 0 saturated carbocycles. The Morgan fingerprint density at radius 3 is 2.89 bits per heavy atom. The molecule has 1 aliphatic rings. The lowest BCUT2D eigenvalue weighted by Gasteiger charge is -2.41. The maximum Gasteiger partial charge on any atom is 0.292 e. The minimum atomic E-state index is -0.323. The lowest BCUT2D eigenvalue weighted by molar-refractivity contribution is -0.384. The van der Waals surface area contributed by atoms with E-state index >= 15 is 0 Å². The minimum Gasteiger partial charge on any atom is -0.359 e. The third-order valence-corrected chi connectivity index (χ3v) is 4.21. The molecule has 5 nitrogen and oxygen atoms in total. The molecule has 1 saturated heterocycles. The van der Waals surface area contributed by atoms with E-state index < -0.39 is 0 Å². The van der Waals surface area contributed by atoms with Crippen LogP contribution in [-0.2, 0) is 0 Å². The fourth-order valence-corrected chi connectivity index (χ4v) is 3.16. The van der Waals surface area contributed by atoms with Crippen molar-refractivity contribution in [3.8, 4) is 0 Å². The smallest absolute Gasteiger partial charge is 0.292 e. The summed E-state index contributed by atoms with van der Waals surface area (Å²) in [7, 11) is 0. The average Bonchev–Trinajstić information content (AvgIpc) is 2.37. The second kappa shape index (κ2) is 5.88. The molecule has 2 N–H and O–H groups in total. The van der Waals surface area contributed by atoms with Crippen LogP contribution in [0.3, 0.4) is 0 Å². The Balaban J connectivity index is 2.48. The van der Waals surface area contributed by atoms with Crippen LogP contribution in [0.2, 0.25) is 0 Å². The summed E-state index contributed by atoms with van der Waals surface area (Å²) >= 11 is 3.39. The molecule has 0 amide bonds. The van der Waals surface area contributed by atoms with Crippen molar-refractivity contribution in [2.24, 2.45) is 5.73 Å². The molecule has 1 fully saturated rings. The van der Waals surface area contributed by atoms with Gasteiger partial charge in [0.05, 0.1) is 4.92 Å². The fraction of sp³-hybridized carbons (Fsp3) is 0.538. The molecule has 1 aromatic rings. The quantitative estimate of drug-likeness (QED) is 0.684. The van der Waals surface area contributed by atoms with Crippen molar-refractivity contribution in [2.45, 2.75) is 38.3 Å². The SMILES string of the molecule is CC1CCCC(CN)N1c1cc(Br)ccc1[N+](=O)[O-]. The third kappa shape index (κ3) is 2.90. The zero-order valence-corrected chi connectivity index (χ0v) is 12.5. The zero-order valence-electron chi connectivity index (χ0n) is 10.9. The van der Waals surface area contributed by atoms with E-state index in [1.54, 1.807) is 12.1 Å². The standard InChI is InChI=1S/C13H18BrN3O2/c1-9-3-2-4-11(8-15)16(9)13-7-10(14)5-6-12(13)17(18)19/h5-7,9,11H,2-4,8,15H2,1H3. The highest BCUT2D eigenvalue weighted by Gasteiger charge is 2.31. The van der Waals surface area contributed by atoms with Gasteiger partial charge in [-0.05, 0) is 38.3 Å². The van der Waals surface area contributed by atoms with E-state index in [0.717, 1.165) is 23.7 Å². The van der Waals surface area contributed by atoms with Crippen LogP contribution < -0.4 is 10.6 Å². The van der Waals surface area contributed by atoms with Gasteiger partial charge >= 0.3 is 0 Å². The molecule has 2 atom stereocenters. The van der Waals surface area contributed by atoms with Crippen molar-refractivity contribution >= 4 is 27.3 Å². The van der Waals surface area contributed by atoms with Gasteiger partial charge in [0.2, 0.25) is 0 Å². The molecule has 19 heavy (non-hydrogen) atoms. The van der Waals surface area contributed by atoms with Crippen LogP contribution in [0.15, 0.2) is 22.7 Å². The van der Waals surface area contributed by atoms with Gasteiger partial charge in [0.15, 0.2) is 0 Å². The van der Waals surface area contributed by atoms with Crippen LogP contribution in [0.4, 0.5) is 11.4 Å². The van der Waals surface area contributed by atoms with Crippen LogP contribution in [0.1, 0.15) is 26.2 Å². The Morgan fingerprint density at radius 1 is 1.53 bits per heavy atom. The summed E-state index contributed by atoms with van der Waals surface area (Å²) < 4.78 is 0.849. The first-order valence-electron chi connectivity index (χ1n) is 6.47. The van der Waals surface area contributed by atoms with Crippen molar-refractivity contribution in [2.75, 3.05) is 11.4 Å². The second-order valence-corrected chi connectivity index (χ2v) is 5.88. The van der Waals surface area contributed by atoms with Gasteiger partial charge in [-0.2, -0.15) is 0 Å². The predicted molar refractivity (Wildman–Crippen MR) is 79.4 cm³/mol. The predicted octanol–water partition coefficient (Wildman–Crippen LogP) is 3.06. The summed E-state index contributed by atoms with van der Waals surface area (Å²) in [6, 6.07) is 5.53. The number of anilines is 1. The minimum absolute atomic E-state index is 0.149. The summed E-state index contributed by atoms with van der Waals surface area (Å²) in [4.78, 5) is 13.0. The van der Waals surface area contributed by atoms with Gasteiger partial charge in [-0.3, -0.25) is 10.1 Å². The van der Waals surface area contributed by atoms with Gasteiger partial charge in [-0.1, -0.05) is 15.9 Å². The molecule has 0 radical (unpaired) electrons. The molecule has 2 unspecified atom stereocenters. The Bertz CT molecular complexity index is 481. The number of nitrogens with two attached hydrogens (primary N) is 1. The van der Waals surface area contributed by atoms with E-state index in [-0.39, 0.29) is 22.7 Å². The normalized spacial score (nSPS) is 23.4. The number of halogens is 1. The Hall–Kier alpha value is -1.14. The van der Waals surface area contributed by atoms with Gasteiger partial charge in [0.1, 0.15) is 5.69 Å². The second-order valence-electron chi connectivity index (χ2n) is 4.97. The number of hydrogen-bond donors (Lipinski definition) is 1. The first kappa shape index (κ1) is 14.3. The molecule has 2 rings (SSSR count). The largest absolute Gasteiger partial charge is 0.359 e. The number of nitro benzene ring substituents is 1. The van der Waals surface area contributed by atoms with Crippen LogP contribution in [-0.4, -0.2) is 23.6 Å². The van der Waals surface area contributed by atoms with Crippen LogP contribution in [0.5, 0.6) is 0 Å². The number of nitro groups is 1.